The van der Waals surface area contributed by atoms with Crippen LogP contribution < -0.4 is 9.62 Å². The molecule has 0 heterocycles. The number of nitrogens with one attached hydrogen (secondary N) is 1. The van der Waals surface area contributed by atoms with E-state index in [1.54, 1.807) is 18.2 Å². The second kappa shape index (κ2) is 8.69. The van der Waals surface area contributed by atoms with Crippen molar-refractivity contribution < 1.29 is 13.2 Å². The second-order valence-electron chi connectivity index (χ2n) is 7.67. The molecular weight excluding hydrogens is 455 g/mol. The lowest BCUT2D eigenvalue weighted by Gasteiger charge is -2.24. The maximum atomic E-state index is 12.6. The Bertz CT molecular complexity index is 1240. The number of amides is 1. The molecule has 4 rings (SSSR count). The quantitative estimate of drug-likeness (QED) is 0.494. The van der Waals surface area contributed by atoms with Crippen molar-refractivity contribution in [1.29, 1.82) is 0 Å². The first-order chi connectivity index (χ1) is 14.8. The molecule has 31 heavy (non-hydrogen) atoms. The minimum Gasteiger partial charge on any atom is -0.326 e. The van der Waals surface area contributed by atoms with Crippen LogP contribution in [0.15, 0.2) is 48.5 Å². The number of carbonyl (C=O) groups excluding carboxylic acids is 1. The fraction of sp³-hybridized carbons (Fsp3) is 0.261. The van der Waals surface area contributed by atoms with E-state index in [4.69, 9.17) is 23.2 Å². The van der Waals surface area contributed by atoms with Gasteiger partial charge in [-0.05, 0) is 54.0 Å². The summed E-state index contributed by atoms with van der Waals surface area (Å²) in [5.41, 5.74) is 3.64. The van der Waals surface area contributed by atoms with Crippen LogP contribution in [0.25, 0.3) is 10.8 Å². The molecule has 3 aromatic rings. The van der Waals surface area contributed by atoms with E-state index in [-0.39, 0.29) is 34.6 Å². The molecule has 0 unspecified atom stereocenters. The number of nitrogens with zero attached hydrogens (tertiary/aromatic N) is 1. The van der Waals surface area contributed by atoms with Gasteiger partial charge in [0.1, 0.15) is 0 Å². The standard InChI is InChI=1S/C23H22Cl2N2O3S/c1-31(29,30)27(23-18(24)7-3-8-19(23)25)14-4-9-21(28)26-20-13-12-16-11-10-15-5-2-6-17(20)22(15)16/h2-3,5-8,12-13H,4,9-11,14H2,1H3,(H,26,28). The Kier molecular flexibility index (Phi) is 6.15. The summed E-state index contributed by atoms with van der Waals surface area (Å²) in [6.45, 7) is 0.0968. The molecule has 0 atom stereocenters. The molecule has 0 aliphatic heterocycles. The molecule has 1 aliphatic carbocycles. The highest BCUT2D eigenvalue weighted by Crippen LogP contribution is 2.36. The van der Waals surface area contributed by atoms with Crippen molar-refractivity contribution >= 4 is 61.3 Å². The molecular formula is C23H22Cl2N2O3S. The van der Waals surface area contributed by atoms with Gasteiger partial charge in [0.05, 0.1) is 22.0 Å². The molecule has 0 saturated heterocycles. The van der Waals surface area contributed by atoms with Crippen molar-refractivity contribution in [1.82, 2.24) is 0 Å². The minimum atomic E-state index is -3.62. The van der Waals surface area contributed by atoms with E-state index in [9.17, 15) is 13.2 Å². The smallest absolute Gasteiger partial charge is 0.232 e. The Morgan fingerprint density at radius 2 is 1.65 bits per heavy atom. The van der Waals surface area contributed by atoms with Crippen molar-refractivity contribution in [2.45, 2.75) is 25.7 Å². The molecule has 0 saturated carbocycles. The molecule has 1 N–H and O–H groups in total. The summed E-state index contributed by atoms with van der Waals surface area (Å²) in [4.78, 5) is 12.6. The Morgan fingerprint density at radius 1 is 1.00 bits per heavy atom. The number of sulfonamides is 1. The number of anilines is 2. The van der Waals surface area contributed by atoms with E-state index >= 15 is 0 Å². The average molecular weight is 477 g/mol. The Morgan fingerprint density at radius 3 is 2.32 bits per heavy atom. The lowest BCUT2D eigenvalue weighted by Crippen LogP contribution is -2.32. The van der Waals surface area contributed by atoms with Crippen LogP contribution in [0.1, 0.15) is 24.0 Å². The zero-order chi connectivity index (χ0) is 22.2. The van der Waals surface area contributed by atoms with Crippen molar-refractivity contribution in [2.75, 3.05) is 22.4 Å². The highest BCUT2D eigenvalue weighted by Gasteiger charge is 2.23. The van der Waals surface area contributed by atoms with Crippen LogP contribution in [0.4, 0.5) is 11.4 Å². The largest absolute Gasteiger partial charge is 0.326 e. The van der Waals surface area contributed by atoms with Crippen LogP contribution in [0.2, 0.25) is 10.0 Å². The lowest BCUT2D eigenvalue weighted by molar-refractivity contribution is -0.116. The third-order valence-corrected chi connectivity index (χ3v) is 7.28. The molecule has 0 bridgehead atoms. The van der Waals surface area contributed by atoms with Crippen LogP contribution in [0.5, 0.6) is 0 Å². The molecule has 1 amide bonds. The zero-order valence-corrected chi connectivity index (χ0v) is 19.3. The van der Waals surface area contributed by atoms with Gasteiger partial charge in [0.15, 0.2) is 0 Å². The summed E-state index contributed by atoms with van der Waals surface area (Å²) in [7, 11) is -3.62. The molecule has 0 spiro atoms. The first-order valence-electron chi connectivity index (χ1n) is 10.0. The van der Waals surface area contributed by atoms with E-state index in [1.807, 2.05) is 18.2 Å². The SMILES string of the molecule is CS(=O)(=O)N(CCCC(=O)Nc1ccc2c3c(cccc13)CC2)c1c(Cl)cccc1Cl. The third kappa shape index (κ3) is 4.52. The number of rotatable bonds is 7. The van der Waals surface area contributed by atoms with Gasteiger partial charge in [0, 0.05) is 24.0 Å². The van der Waals surface area contributed by atoms with E-state index in [0.29, 0.717) is 6.42 Å². The van der Waals surface area contributed by atoms with Crippen LogP contribution in [-0.4, -0.2) is 27.1 Å². The van der Waals surface area contributed by atoms with Gasteiger partial charge in [-0.2, -0.15) is 0 Å². The number of para-hydroxylation sites is 1. The number of benzene rings is 3. The normalized spacial score (nSPS) is 12.9. The molecule has 3 aromatic carbocycles. The number of aryl methyl sites for hydroxylation is 2. The van der Waals surface area contributed by atoms with Gasteiger partial charge in [-0.1, -0.05) is 53.5 Å². The monoisotopic (exact) mass is 476 g/mol. The van der Waals surface area contributed by atoms with Gasteiger partial charge in [-0.25, -0.2) is 8.42 Å². The van der Waals surface area contributed by atoms with E-state index in [2.05, 4.69) is 17.4 Å². The first-order valence-corrected chi connectivity index (χ1v) is 12.6. The minimum absolute atomic E-state index is 0.0968. The maximum Gasteiger partial charge on any atom is 0.232 e. The zero-order valence-electron chi connectivity index (χ0n) is 17.0. The van der Waals surface area contributed by atoms with E-state index in [0.717, 1.165) is 34.5 Å². The summed E-state index contributed by atoms with van der Waals surface area (Å²) in [6.07, 6.45) is 3.63. The van der Waals surface area contributed by atoms with Crippen LogP contribution in [-0.2, 0) is 27.7 Å². The highest BCUT2D eigenvalue weighted by atomic mass is 35.5. The van der Waals surface area contributed by atoms with Gasteiger partial charge >= 0.3 is 0 Å². The summed E-state index contributed by atoms with van der Waals surface area (Å²) < 4.78 is 25.8. The number of halogens is 2. The predicted molar refractivity (Wildman–Crippen MR) is 128 cm³/mol. The fourth-order valence-corrected chi connectivity index (χ4v) is 5.81. The Labute approximate surface area is 192 Å². The van der Waals surface area contributed by atoms with Crippen molar-refractivity contribution in [2.24, 2.45) is 0 Å². The maximum absolute atomic E-state index is 12.6. The topological polar surface area (TPSA) is 66.5 Å². The molecule has 1 aliphatic rings. The summed E-state index contributed by atoms with van der Waals surface area (Å²) in [6, 6.07) is 15.0. The third-order valence-electron chi connectivity index (χ3n) is 5.50. The lowest BCUT2D eigenvalue weighted by atomic mass is 10.0. The summed E-state index contributed by atoms with van der Waals surface area (Å²) in [5, 5.41) is 5.75. The summed E-state index contributed by atoms with van der Waals surface area (Å²) in [5.74, 6) is -0.169. The number of hydrogen-bond donors (Lipinski definition) is 1. The van der Waals surface area contributed by atoms with Gasteiger partial charge < -0.3 is 5.32 Å². The molecule has 0 fully saturated rings. The Hall–Kier alpha value is -2.28. The molecule has 0 aromatic heterocycles. The molecule has 0 radical (unpaired) electrons. The Balaban J connectivity index is 1.46. The molecule has 8 heteroatoms. The molecule has 162 valence electrons. The predicted octanol–water partition coefficient (Wildman–Crippen LogP) is 5.43. The van der Waals surface area contributed by atoms with Crippen LogP contribution in [0, 0.1) is 0 Å². The number of carbonyl (C=O) groups is 1. The second-order valence-corrected chi connectivity index (χ2v) is 10.4. The van der Waals surface area contributed by atoms with Crippen LogP contribution >= 0.6 is 23.2 Å². The number of hydrogen-bond acceptors (Lipinski definition) is 3. The summed E-state index contributed by atoms with van der Waals surface area (Å²) >= 11 is 12.4. The van der Waals surface area contributed by atoms with E-state index < -0.39 is 10.0 Å². The van der Waals surface area contributed by atoms with E-state index in [1.165, 1.54) is 16.5 Å². The highest BCUT2D eigenvalue weighted by molar-refractivity contribution is 7.92. The molecule has 5 nitrogen and oxygen atoms in total. The van der Waals surface area contributed by atoms with Gasteiger partial charge in [-0.3, -0.25) is 9.10 Å². The van der Waals surface area contributed by atoms with Gasteiger partial charge in [0.25, 0.3) is 0 Å². The first kappa shape index (κ1) is 21.9. The van der Waals surface area contributed by atoms with Crippen LogP contribution in [0.3, 0.4) is 0 Å². The van der Waals surface area contributed by atoms with Gasteiger partial charge in [-0.15, -0.1) is 0 Å². The average Bonchev–Trinajstić information content (AvgIpc) is 3.12. The fourth-order valence-electron chi connectivity index (χ4n) is 4.12. The van der Waals surface area contributed by atoms with Crippen molar-refractivity contribution in [3.05, 3.63) is 69.7 Å². The van der Waals surface area contributed by atoms with Gasteiger partial charge in [0.2, 0.25) is 15.9 Å². The van der Waals surface area contributed by atoms with Crippen molar-refractivity contribution in [3.8, 4) is 0 Å². The van der Waals surface area contributed by atoms with Crippen molar-refractivity contribution in [3.63, 3.8) is 0 Å².